The van der Waals surface area contributed by atoms with Gasteiger partial charge in [0.2, 0.25) is 0 Å². The minimum atomic E-state index is -0.610. The predicted molar refractivity (Wildman–Crippen MR) is 69.5 cm³/mol. The smallest absolute Gasteiger partial charge is 0.338 e. The van der Waals surface area contributed by atoms with Gasteiger partial charge >= 0.3 is 5.97 Å². The molecule has 6 heteroatoms. The van der Waals surface area contributed by atoms with E-state index < -0.39 is 24.3 Å². The number of hydrogen-bond acceptors (Lipinski definition) is 4. The largest absolute Gasteiger partial charge is 0.452 e. The van der Waals surface area contributed by atoms with Crippen LogP contribution in [-0.4, -0.2) is 23.5 Å². The fourth-order valence-electron chi connectivity index (χ4n) is 1.43. The Morgan fingerprint density at radius 2 is 1.75 bits per heavy atom. The van der Waals surface area contributed by atoms with Crippen LogP contribution in [0.15, 0.2) is 48.8 Å². The summed E-state index contributed by atoms with van der Waals surface area (Å²) in [5, 5.41) is 2.48. The molecule has 0 aliphatic heterocycles. The van der Waals surface area contributed by atoms with Crippen LogP contribution >= 0.6 is 0 Å². The Kier molecular flexibility index (Phi) is 4.39. The number of aromatic nitrogens is 1. The van der Waals surface area contributed by atoms with E-state index in [1.54, 1.807) is 0 Å². The summed E-state index contributed by atoms with van der Waals surface area (Å²) in [7, 11) is 0. The highest BCUT2D eigenvalue weighted by Crippen LogP contribution is 2.08. The molecule has 2 aromatic rings. The fourth-order valence-corrected chi connectivity index (χ4v) is 1.43. The van der Waals surface area contributed by atoms with Gasteiger partial charge in [0.25, 0.3) is 5.91 Å². The van der Waals surface area contributed by atoms with Gasteiger partial charge in [0.15, 0.2) is 6.61 Å². The summed E-state index contributed by atoms with van der Waals surface area (Å²) in [5.41, 5.74) is 0.742. The van der Waals surface area contributed by atoms with Gasteiger partial charge in [-0.25, -0.2) is 9.18 Å². The molecule has 1 heterocycles. The first-order valence-electron chi connectivity index (χ1n) is 5.78. The lowest BCUT2D eigenvalue weighted by Crippen LogP contribution is -2.20. The number of rotatable bonds is 4. The quantitative estimate of drug-likeness (QED) is 0.866. The maximum atomic E-state index is 12.7. The van der Waals surface area contributed by atoms with Crippen LogP contribution in [0.25, 0.3) is 0 Å². The van der Waals surface area contributed by atoms with Crippen molar-refractivity contribution >= 4 is 17.6 Å². The number of halogens is 1. The highest BCUT2D eigenvalue weighted by atomic mass is 19.1. The number of benzene rings is 1. The number of pyridine rings is 1. The number of carbonyl (C=O) groups excluding carboxylic acids is 2. The monoisotopic (exact) mass is 274 g/mol. The van der Waals surface area contributed by atoms with Crippen molar-refractivity contribution in [3.8, 4) is 0 Å². The summed E-state index contributed by atoms with van der Waals surface area (Å²) in [5.74, 6) is -1.51. The van der Waals surface area contributed by atoms with Crippen molar-refractivity contribution in [3.05, 3.63) is 60.2 Å². The molecule has 0 fully saturated rings. The third kappa shape index (κ3) is 3.88. The van der Waals surface area contributed by atoms with Crippen molar-refractivity contribution in [2.75, 3.05) is 11.9 Å². The van der Waals surface area contributed by atoms with E-state index in [4.69, 9.17) is 4.74 Å². The Morgan fingerprint density at radius 1 is 1.10 bits per heavy atom. The van der Waals surface area contributed by atoms with Crippen LogP contribution in [0.3, 0.4) is 0 Å². The van der Waals surface area contributed by atoms with Crippen LogP contribution < -0.4 is 5.32 Å². The normalized spacial score (nSPS) is 9.85. The van der Waals surface area contributed by atoms with E-state index >= 15 is 0 Å². The highest BCUT2D eigenvalue weighted by Gasteiger charge is 2.09. The first kappa shape index (κ1) is 13.7. The van der Waals surface area contributed by atoms with Gasteiger partial charge in [-0.2, -0.15) is 0 Å². The average Bonchev–Trinajstić information content (AvgIpc) is 2.48. The van der Waals surface area contributed by atoms with Crippen molar-refractivity contribution in [1.29, 1.82) is 0 Å². The molecule has 0 aliphatic rings. The van der Waals surface area contributed by atoms with Gasteiger partial charge in [-0.3, -0.25) is 9.78 Å². The number of amides is 1. The molecule has 1 amide bonds. The second-order valence-corrected chi connectivity index (χ2v) is 3.87. The van der Waals surface area contributed by atoms with E-state index in [1.165, 1.54) is 48.8 Å². The molecular formula is C14H11FN2O3. The fraction of sp³-hybridized carbons (Fsp3) is 0.0714. The lowest BCUT2D eigenvalue weighted by Gasteiger charge is -2.06. The molecule has 0 radical (unpaired) electrons. The summed E-state index contributed by atoms with van der Waals surface area (Å²) >= 11 is 0. The summed E-state index contributed by atoms with van der Waals surface area (Å²) in [6.45, 7) is -0.418. The molecular weight excluding hydrogens is 263 g/mol. The number of carbonyl (C=O) groups is 2. The lowest BCUT2D eigenvalue weighted by atomic mass is 10.3. The molecule has 1 aromatic heterocycles. The molecule has 2 rings (SSSR count). The third-order valence-corrected chi connectivity index (χ3v) is 2.38. The van der Waals surface area contributed by atoms with Gasteiger partial charge in [0.1, 0.15) is 5.82 Å². The summed E-state index contributed by atoms with van der Waals surface area (Å²) in [6.07, 6.45) is 2.91. The molecule has 0 unspecified atom stereocenters. The van der Waals surface area contributed by atoms with Gasteiger partial charge in [-0.15, -0.1) is 0 Å². The average molecular weight is 274 g/mol. The standard InChI is InChI=1S/C14H11FN2O3/c15-11-1-3-12(4-2-11)17-13(18)9-20-14(19)10-5-7-16-8-6-10/h1-8H,9H2,(H,17,18). The molecule has 0 bridgehead atoms. The SMILES string of the molecule is O=C(COC(=O)c1ccncc1)Nc1ccc(F)cc1. The van der Waals surface area contributed by atoms with Crippen molar-refractivity contribution < 1.29 is 18.7 Å². The van der Waals surface area contributed by atoms with Gasteiger partial charge in [-0.05, 0) is 36.4 Å². The van der Waals surface area contributed by atoms with E-state index in [2.05, 4.69) is 10.3 Å². The lowest BCUT2D eigenvalue weighted by molar-refractivity contribution is -0.119. The Morgan fingerprint density at radius 3 is 2.40 bits per heavy atom. The van der Waals surface area contributed by atoms with E-state index in [9.17, 15) is 14.0 Å². The molecule has 0 atom stereocenters. The first-order chi connectivity index (χ1) is 9.65. The van der Waals surface area contributed by atoms with E-state index in [-0.39, 0.29) is 0 Å². The van der Waals surface area contributed by atoms with Crippen LogP contribution in [0, 0.1) is 5.82 Å². The number of nitrogens with one attached hydrogen (secondary N) is 1. The molecule has 1 N–H and O–H groups in total. The Labute approximate surface area is 114 Å². The van der Waals surface area contributed by atoms with Crippen molar-refractivity contribution in [2.45, 2.75) is 0 Å². The highest BCUT2D eigenvalue weighted by molar-refractivity contribution is 5.95. The molecule has 0 aliphatic carbocycles. The van der Waals surface area contributed by atoms with E-state index in [0.29, 0.717) is 11.3 Å². The zero-order valence-electron chi connectivity index (χ0n) is 10.4. The second kappa shape index (κ2) is 6.42. The minimum absolute atomic E-state index is 0.314. The first-order valence-corrected chi connectivity index (χ1v) is 5.78. The molecule has 0 spiro atoms. The number of nitrogens with zero attached hydrogens (tertiary/aromatic N) is 1. The topological polar surface area (TPSA) is 68.3 Å². The molecule has 5 nitrogen and oxygen atoms in total. The molecule has 102 valence electrons. The van der Waals surface area contributed by atoms with Crippen molar-refractivity contribution in [1.82, 2.24) is 4.98 Å². The Bertz CT molecular complexity index is 600. The zero-order chi connectivity index (χ0) is 14.4. The van der Waals surface area contributed by atoms with Crippen LogP contribution in [-0.2, 0) is 9.53 Å². The van der Waals surface area contributed by atoms with E-state index in [1.807, 2.05) is 0 Å². The molecule has 20 heavy (non-hydrogen) atoms. The predicted octanol–water partition coefficient (Wildman–Crippen LogP) is 2.02. The molecule has 0 saturated carbocycles. The number of esters is 1. The van der Waals surface area contributed by atoms with Crippen molar-refractivity contribution in [3.63, 3.8) is 0 Å². The maximum absolute atomic E-state index is 12.7. The number of ether oxygens (including phenoxy) is 1. The maximum Gasteiger partial charge on any atom is 0.338 e. The Balaban J connectivity index is 1.83. The van der Waals surface area contributed by atoms with E-state index in [0.717, 1.165) is 0 Å². The van der Waals surface area contributed by atoms with Gasteiger partial charge in [-0.1, -0.05) is 0 Å². The molecule has 1 aromatic carbocycles. The van der Waals surface area contributed by atoms with Crippen LogP contribution in [0.4, 0.5) is 10.1 Å². The second-order valence-electron chi connectivity index (χ2n) is 3.87. The molecule has 0 saturated heterocycles. The third-order valence-electron chi connectivity index (χ3n) is 2.38. The van der Waals surface area contributed by atoms with Crippen LogP contribution in [0.5, 0.6) is 0 Å². The van der Waals surface area contributed by atoms with Crippen LogP contribution in [0.2, 0.25) is 0 Å². The van der Waals surface area contributed by atoms with Gasteiger partial charge < -0.3 is 10.1 Å². The zero-order valence-corrected chi connectivity index (χ0v) is 10.4. The summed E-state index contributed by atoms with van der Waals surface area (Å²) in [6, 6.07) is 8.24. The number of hydrogen-bond donors (Lipinski definition) is 1. The summed E-state index contributed by atoms with van der Waals surface area (Å²) in [4.78, 5) is 26.9. The van der Waals surface area contributed by atoms with Gasteiger partial charge in [0.05, 0.1) is 5.56 Å². The van der Waals surface area contributed by atoms with Crippen molar-refractivity contribution in [2.24, 2.45) is 0 Å². The Hall–Kier alpha value is -2.76. The summed E-state index contributed by atoms with van der Waals surface area (Å²) < 4.78 is 17.5. The number of anilines is 1. The van der Waals surface area contributed by atoms with Crippen LogP contribution in [0.1, 0.15) is 10.4 Å². The van der Waals surface area contributed by atoms with Gasteiger partial charge in [0, 0.05) is 18.1 Å². The minimum Gasteiger partial charge on any atom is -0.452 e.